The summed E-state index contributed by atoms with van der Waals surface area (Å²) in [5.74, 6) is 0.113. The molecule has 4 saturated heterocycles. The van der Waals surface area contributed by atoms with Crippen molar-refractivity contribution in [1.29, 1.82) is 0 Å². The highest BCUT2D eigenvalue weighted by Gasteiger charge is 2.58. The lowest BCUT2D eigenvalue weighted by Crippen LogP contribution is -2.56. The molecule has 1 saturated carbocycles. The Labute approximate surface area is 287 Å². The first kappa shape index (κ1) is 33.5. The van der Waals surface area contributed by atoms with E-state index in [9.17, 15) is 24.0 Å². The third-order valence-electron chi connectivity index (χ3n) is 11.7. The highest BCUT2D eigenvalue weighted by Crippen LogP contribution is 2.54. The van der Waals surface area contributed by atoms with E-state index in [1.54, 1.807) is 10.6 Å². The molecule has 1 aromatic heterocycles. The zero-order valence-electron chi connectivity index (χ0n) is 28.3. The maximum absolute atomic E-state index is 14.1. The number of carbonyl (C=O) groups excluding carboxylic acids is 4. The molecule has 1 aromatic carbocycles. The smallest absolute Gasteiger partial charge is 0.250 e. The molecule has 4 amide bonds. The molecule has 0 radical (unpaired) electrons. The van der Waals surface area contributed by atoms with Crippen LogP contribution in [0.5, 0.6) is 5.75 Å². The zero-order valence-corrected chi connectivity index (χ0v) is 28.3. The average molecular weight is 672 g/mol. The van der Waals surface area contributed by atoms with Crippen molar-refractivity contribution in [3.63, 3.8) is 0 Å². The SMILES string of the molecule is N[C@H]1CCCC[C@H]2CC[C@@H](C(=O)N3C[C@@H](c4ccn(CCCCCOc5ccc(C6CCC(=O)NC6=O)cc5)c(=O)c4)CC34CC4)N2C1=O. The van der Waals surface area contributed by atoms with Crippen molar-refractivity contribution in [2.24, 2.45) is 5.73 Å². The molecule has 11 nitrogen and oxygen atoms in total. The Balaban J connectivity index is 0.877. The van der Waals surface area contributed by atoms with Crippen molar-refractivity contribution in [3.8, 4) is 5.75 Å². The minimum atomic E-state index is -0.518. The van der Waals surface area contributed by atoms with Gasteiger partial charge in [-0.25, -0.2) is 0 Å². The fourth-order valence-corrected chi connectivity index (χ4v) is 8.71. The highest BCUT2D eigenvalue weighted by atomic mass is 16.5. The first-order chi connectivity index (χ1) is 23.7. The van der Waals surface area contributed by atoms with Gasteiger partial charge in [-0.05, 0) is 100.0 Å². The number of piperidine rings is 1. The maximum Gasteiger partial charge on any atom is 0.250 e. The lowest BCUT2D eigenvalue weighted by Gasteiger charge is -2.36. The van der Waals surface area contributed by atoms with Crippen LogP contribution in [0.15, 0.2) is 47.4 Å². The molecule has 4 aliphatic heterocycles. The summed E-state index contributed by atoms with van der Waals surface area (Å²) in [5, 5.41) is 2.40. The normalized spacial score (nSPS) is 27.9. The monoisotopic (exact) mass is 671 g/mol. The molecular formula is C38H49N5O6. The summed E-state index contributed by atoms with van der Waals surface area (Å²) in [5.41, 5.74) is 7.97. The molecule has 262 valence electrons. The van der Waals surface area contributed by atoms with E-state index in [0.29, 0.717) is 45.4 Å². The number of amides is 4. The molecule has 5 atom stereocenters. The van der Waals surface area contributed by atoms with Crippen LogP contribution in [-0.4, -0.2) is 74.8 Å². The number of nitrogens with one attached hydrogen (secondary N) is 1. The van der Waals surface area contributed by atoms with Gasteiger partial charge in [0.1, 0.15) is 11.8 Å². The number of aryl methyl sites for hydroxylation is 1. The zero-order chi connectivity index (χ0) is 34.1. The van der Waals surface area contributed by atoms with Crippen LogP contribution in [0.1, 0.15) is 113 Å². The molecule has 1 aliphatic carbocycles. The molecule has 1 unspecified atom stereocenters. The second-order valence-electron chi connectivity index (χ2n) is 14.9. The number of benzene rings is 1. The van der Waals surface area contributed by atoms with Crippen LogP contribution >= 0.6 is 0 Å². The van der Waals surface area contributed by atoms with Crippen LogP contribution in [0.4, 0.5) is 0 Å². The molecule has 3 N–H and O–H groups in total. The Hall–Kier alpha value is -3.99. The van der Waals surface area contributed by atoms with E-state index in [1.165, 1.54) is 0 Å². The fourth-order valence-electron chi connectivity index (χ4n) is 8.71. The predicted molar refractivity (Wildman–Crippen MR) is 183 cm³/mol. The quantitative estimate of drug-likeness (QED) is 0.290. The summed E-state index contributed by atoms with van der Waals surface area (Å²) in [6, 6.07) is 10.5. The van der Waals surface area contributed by atoms with Crippen LogP contribution < -0.4 is 21.3 Å². The van der Waals surface area contributed by atoms with Gasteiger partial charge in [0.25, 0.3) is 5.56 Å². The number of hydrogen-bond donors (Lipinski definition) is 2. The lowest BCUT2D eigenvalue weighted by molar-refractivity contribution is -0.147. The molecule has 7 rings (SSSR count). The van der Waals surface area contributed by atoms with Crippen molar-refractivity contribution in [2.75, 3.05) is 13.2 Å². The Morgan fingerprint density at radius 1 is 0.918 bits per heavy atom. The average Bonchev–Trinajstić information content (AvgIpc) is 3.58. The van der Waals surface area contributed by atoms with Gasteiger partial charge < -0.3 is 24.8 Å². The Morgan fingerprint density at radius 2 is 1.71 bits per heavy atom. The summed E-state index contributed by atoms with van der Waals surface area (Å²) in [6.45, 7) is 1.79. The number of nitrogens with zero attached hydrogens (tertiary/aromatic N) is 3. The van der Waals surface area contributed by atoms with Crippen LogP contribution in [-0.2, 0) is 25.7 Å². The Bertz CT molecular complexity index is 1630. The summed E-state index contributed by atoms with van der Waals surface area (Å²) in [4.78, 5) is 67.9. The number of rotatable bonds is 10. The Morgan fingerprint density at radius 3 is 2.47 bits per heavy atom. The number of carbonyl (C=O) groups is 4. The molecule has 0 bridgehead atoms. The van der Waals surface area contributed by atoms with E-state index in [-0.39, 0.29) is 52.6 Å². The number of ether oxygens (including phenoxy) is 1. The van der Waals surface area contributed by atoms with Gasteiger partial charge in [0, 0.05) is 49.3 Å². The van der Waals surface area contributed by atoms with Crippen molar-refractivity contribution in [1.82, 2.24) is 19.7 Å². The van der Waals surface area contributed by atoms with Crippen LogP contribution in [0.25, 0.3) is 0 Å². The topological polar surface area (TPSA) is 144 Å². The van der Waals surface area contributed by atoms with E-state index < -0.39 is 12.1 Å². The van der Waals surface area contributed by atoms with E-state index >= 15 is 0 Å². The summed E-state index contributed by atoms with van der Waals surface area (Å²) < 4.78 is 7.65. The standard InChI is InChI=1S/C38H49N5O6/c39-31-7-3-2-6-28-10-14-32(43(28)36(31)47)37(48)42-24-27(23-38(42)17-18-38)26-16-20-41(34(45)22-26)19-4-1-5-21-49-29-11-8-25(9-12-29)30-13-15-33(44)40-35(30)46/h8-9,11-12,16,20,22,27-28,30-32H,1-7,10,13-15,17-19,21,23-24,39H2,(H,40,44,46)/t27-,28-,30?,31-,32-/m0/s1. The number of imide groups is 1. The van der Waals surface area contributed by atoms with Gasteiger partial charge in [0.15, 0.2) is 0 Å². The van der Waals surface area contributed by atoms with Gasteiger partial charge in [-0.2, -0.15) is 0 Å². The third kappa shape index (κ3) is 7.04. The molecule has 11 heteroatoms. The van der Waals surface area contributed by atoms with Gasteiger partial charge in [0.05, 0.1) is 18.6 Å². The number of pyridine rings is 1. The van der Waals surface area contributed by atoms with Gasteiger partial charge in [-0.3, -0.25) is 29.3 Å². The molecule has 5 aliphatic rings. The number of hydrogen-bond acceptors (Lipinski definition) is 7. The molecule has 5 fully saturated rings. The number of unbranched alkanes of at least 4 members (excludes halogenated alkanes) is 2. The lowest BCUT2D eigenvalue weighted by atomic mass is 9.90. The number of nitrogens with two attached hydrogens (primary N) is 1. The third-order valence-corrected chi connectivity index (χ3v) is 11.7. The number of aromatic nitrogens is 1. The minimum Gasteiger partial charge on any atom is -0.494 e. The molecular weight excluding hydrogens is 622 g/mol. The van der Waals surface area contributed by atoms with Gasteiger partial charge in [0.2, 0.25) is 23.6 Å². The molecule has 49 heavy (non-hydrogen) atoms. The van der Waals surface area contributed by atoms with E-state index in [2.05, 4.69) is 10.2 Å². The minimum absolute atomic E-state index is 0.0154. The van der Waals surface area contributed by atoms with E-state index in [0.717, 1.165) is 81.1 Å². The summed E-state index contributed by atoms with van der Waals surface area (Å²) in [7, 11) is 0. The van der Waals surface area contributed by atoms with Crippen LogP contribution in [0, 0.1) is 0 Å². The van der Waals surface area contributed by atoms with Crippen molar-refractivity contribution in [3.05, 3.63) is 64.1 Å². The number of fused-ring (bicyclic) bond motifs is 1. The van der Waals surface area contributed by atoms with Crippen molar-refractivity contribution >= 4 is 23.6 Å². The molecule has 1 spiro atoms. The highest BCUT2D eigenvalue weighted by molar-refractivity contribution is 6.01. The largest absolute Gasteiger partial charge is 0.494 e. The number of likely N-dealkylation sites (tertiary alicyclic amines) is 1. The van der Waals surface area contributed by atoms with E-state index in [4.69, 9.17) is 10.5 Å². The van der Waals surface area contributed by atoms with Gasteiger partial charge in [-0.1, -0.05) is 25.0 Å². The first-order valence-electron chi connectivity index (χ1n) is 18.4. The fraction of sp³-hybridized carbons (Fsp3) is 0.605. The summed E-state index contributed by atoms with van der Waals surface area (Å²) in [6.07, 6.45) is 13.4. The first-order valence-corrected chi connectivity index (χ1v) is 18.4. The van der Waals surface area contributed by atoms with Crippen molar-refractivity contribution < 1.29 is 23.9 Å². The maximum atomic E-state index is 14.1. The predicted octanol–water partition coefficient (Wildman–Crippen LogP) is 3.73. The Kier molecular flexibility index (Phi) is 9.64. The second kappa shape index (κ2) is 14.1. The summed E-state index contributed by atoms with van der Waals surface area (Å²) >= 11 is 0. The van der Waals surface area contributed by atoms with Gasteiger partial charge in [-0.15, -0.1) is 0 Å². The second-order valence-corrected chi connectivity index (χ2v) is 14.9. The molecule has 2 aromatic rings. The van der Waals surface area contributed by atoms with Crippen LogP contribution in [0.3, 0.4) is 0 Å². The van der Waals surface area contributed by atoms with Crippen molar-refractivity contribution in [2.45, 2.75) is 132 Å². The van der Waals surface area contributed by atoms with E-state index in [1.807, 2.05) is 41.4 Å². The van der Waals surface area contributed by atoms with Gasteiger partial charge >= 0.3 is 0 Å². The van der Waals surface area contributed by atoms with Crippen LogP contribution in [0.2, 0.25) is 0 Å². The molecule has 5 heterocycles.